The van der Waals surface area contributed by atoms with Gasteiger partial charge in [0, 0.05) is 32.3 Å². The fraction of sp³-hybridized carbons (Fsp3) is 0.286. The normalized spacial score (nSPS) is 16.0. The molecule has 27 heavy (non-hydrogen) atoms. The lowest BCUT2D eigenvalue weighted by Crippen LogP contribution is -2.50. The molecule has 2 aromatic rings. The molecule has 0 atom stereocenters. The summed E-state index contributed by atoms with van der Waals surface area (Å²) in [4.78, 5) is 14.1. The van der Waals surface area contributed by atoms with E-state index < -0.39 is 10.0 Å². The molecule has 1 heterocycles. The molecular weight excluding hydrogens is 360 g/mol. The maximum Gasteiger partial charge on any atom is 0.246 e. The summed E-state index contributed by atoms with van der Waals surface area (Å²) in [5.74, 6) is -0.0898. The molecule has 1 aliphatic heterocycles. The Bertz CT molecular complexity index is 915. The molecule has 142 valence electrons. The second-order valence-electron chi connectivity index (χ2n) is 6.66. The van der Waals surface area contributed by atoms with Crippen LogP contribution in [0.4, 0.5) is 0 Å². The van der Waals surface area contributed by atoms with Gasteiger partial charge in [0.2, 0.25) is 15.9 Å². The lowest BCUT2D eigenvalue weighted by Gasteiger charge is -2.33. The Morgan fingerprint density at radius 3 is 2.26 bits per heavy atom. The van der Waals surface area contributed by atoms with Crippen LogP contribution >= 0.6 is 0 Å². The number of rotatable bonds is 5. The summed E-state index contributed by atoms with van der Waals surface area (Å²) >= 11 is 0. The van der Waals surface area contributed by atoms with Crippen LogP contribution in [0, 0.1) is 6.92 Å². The van der Waals surface area contributed by atoms with E-state index in [1.54, 1.807) is 11.0 Å². The van der Waals surface area contributed by atoms with Crippen molar-refractivity contribution in [1.82, 2.24) is 9.21 Å². The Hall–Kier alpha value is -2.44. The quantitative estimate of drug-likeness (QED) is 0.745. The smallest absolute Gasteiger partial charge is 0.246 e. The molecule has 0 aliphatic carbocycles. The molecule has 0 spiro atoms. The van der Waals surface area contributed by atoms with Crippen LogP contribution in [0.1, 0.15) is 16.7 Å². The van der Waals surface area contributed by atoms with Gasteiger partial charge >= 0.3 is 0 Å². The number of sulfonamides is 1. The Morgan fingerprint density at radius 1 is 0.963 bits per heavy atom. The minimum atomic E-state index is -3.37. The summed E-state index contributed by atoms with van der Waals surface area (Å²) in [6.45, 7) is 3.48. The van der Waals surface area contributed by atoms with Crippen LogP contribution < -0.4 is 0 Å². The molecule has 3 rings (SSSR count). The summed E-state index contributed by atoms with van der Waals surface area (Å²) < 4.78 is 26.7. The lowest BCUT2D eigenvalue weighted by molar-refractivity contribution is -0.127. The Balaban J connectivity index is 1.56. The van der Waals surface area contributed by atoms with Crippen molar-refractivity contribution in [3.8, 4) is 0 Å². The van der Waals surface area contributed by atoms with Crippen molar-refractivity contribution < 1.29 is 13.2 Å². The van der Waals surface area contributed by atoms with Crippen molar-refractivity contribution in [3.05, 3.63) is 77.4 Å². The van der Waals surface area contributed by atoms with Gasteiger partial charge in [0.15, 0.2) is 0 Å². The zero-order valence-corrected chi connectivity index (χ0v) is 16.2. The number of carbonyl (C=O) groups is 1. The van der Waals surface area contributed by atoms with Gasteiger partial charge in [-0.1, -0.05) is 54.6 Å². The maximum atomic E-state index is 12.6. The Labute approximate surface area is 161 Å². The van der Waals surface area contributed by atoms with Gasteiger partial charge in [0.25, 0.3) is 0 Å². The van der Waals surface area contributed by atoms with Gasteiger partial charge in [-0.25, -0.2) is 8.42 Å². The largest absolute Gasteiger partial charge is 0.337 e. The molecule has 1 amide bonds. The Morgan fingerprint density at radius 2 is 1.59 bits per heavy atom. The first-order chi connectivity index (χ1) is 13.0. The van der Waals surface area contributed by atoms with Crippen LogP contribution in [0.15, 0.2) is 60.7 Å². The highest BCUT2D eigenvalue weighted by Crippen LogP contribution is 2.14. The fourth-order valence-electron chi connectivity index (χ4n) is 3.10. The zero-order chi connectivity index (χ0) is 19.3. The van der Waals surface area contributed by atoms with E-state index in [4.69, 9.17) is 0 Å². The highest BCUT2D eigenvalue weighted by molar-refractivity contribution is 7.88. The fourth-order valence-corrected chi connectivity index (χ4v) is 4.62. The molecule has 1 aliphatic rings. The molecule has 1 fully saturated rings. The predicted molar refractivity (Wildman–Crippen MR) is 107 cm³/mol. The molecular formula is C21H24N2O3S. The second kappa shape index (κ2) is 8.50. The van der Waals surface area contributed by atoms with Crippen LogP contribution in [0.2, 0.25) is 0 Å². The number of hydrogen-bond donors (Lipinski definition) is 0. The summed E-state index contributed by atoms with van der Waals surface area (Å²) in [7, 11) is -3.37. The minimum Gasteiger partial charge on any atom is -0.337 e. The van der Waals surface area contributed by atoms with Crippen molar-refractivity contribution in [2.24, 2.45) is 0 Å². The first-order valence-electron chi connectivity index (χ1n) is 9.00. The third kappa shape index (κ3) is 5.05. The topological polar surface area (TPSA) is 57.7 Å². The zero-order valence-electron chi connectivity index (χ0n) is 15.4. The first kappa shape index (κ1) is 19.3. The summed E-state index contributed by atoms with van der Waals surface area (Å²) in [6, 6.07) is 17.0. The van der Waals surface area contributed by atoms with Gasteiger partial charge in [0.05, 0.1) is 5.75 Å². The highest BCUT2D eigenvalue weighted by atomic mass is 32.2. The van der Waals surface area contributed by atoms with Crippen LogP contribution in [0.5, 0.6) is 0 Å². The monoisotopic (exact) mass is 384 g/mol. The summed E-state index contributed by atoms with van der Waals surface area (Å²) in [5.41, 5.74) is 2.89. The van der Waals surface area contributed by atoms with E-state index in [0.29, 0.717) is 26.2 Å². The number of carbonyl (C=O) groups excluding carboxylic acids is 1. The number of hydrogen-bond acceptors (Lipinski definition) is 3. The summed E-state index contributed by atoms with van der Waals surface area (Å²) in [5, 5.41) is 0. The molecule has 0 aromatic heterocycles. The molecule has 0 unspecified atom stereocenters. The molecule has 1 saturated heterocycles. The van der Waals surface area contributed by atoms with Crippen LogP contribution in [0.3, 0.4) is 0 Å². The molecule has 6 heteroatoms. The maximum absolute atomic E-state index is 12.6. The lowest BCUT2D eigenvalue weighted by atomic mass is 10.1. The van der Waals surface area contributed by atoms with Gasteiger partial charge in [-0.3, -0.25) is 4.79 Å². The van der Waals surface area contributed by atoms with Crippen molar-refractivity contribution in [1.29, 1.82) is 0 Å². The van der Waals surface area contributed by atoms with Gasteiger partial charge in [-0.15, -0.1) is 0 Å². The average molecular weight is 385 g/mol. The van der Waals surface area contributed by atoms with E-state index in [1.807, 2.05) is 67.6 Å². The molecule has 2 aromatic carbocycles. The van der Waals surface area contributed by atoms with Gasteiger partial charge in [-0.05, 0) is 29.7 Å². The Kier molecular flexibility index (Phi) is 6.08. The van der Waals surface area contributed by atoms with E-state index in [-0.39, 0.29) is 11.7 Å². The summed E-state index contributed by atoms with van der Waals surface area (Å²) in [6.07, 6.45) is 3.38. The third-order valence-electron chi connectivity index (χ3n) is 4.73. The molecule has 0 saturated carbocycles. The second-order valence-corrected chi connectivity index (χ2v) is 8.62. The van der Waals surface area contributed by atoms with E-state index in [9.17, 15) is 13.2 Å². The van der Waals surface area contributed by atoms with E-state index in [1.165, 1.54) is 4.31 Å². The molecule has 5 nitrogen and oxygen atoms in total. The third-order valence-corrected chi connectivity index (χ3v) is 6.58. The van der Waals surface area contributed by atoms with Crippen molar-refractivity contribution in [3.63, 3.8) is 0 Å². The number of piperazine rings is 1. The first-order valence-corrected chi connectivity index (χ1v) is 10.6. The molecule has 0 N–H and O–H groups in total. The van der Waals surface area contributed by atoms with Gasteiger partial charge < -0.3 is 4.90 Å². The van der Waals surface area contributed by atoms with E-state index in [2.05, 4.69) is 0 Å². The van der Waals surface area contributed by atoms with E-state index in [0.717, 1.165) is 16.7 Å². The molecule has 0 radical (unpaired) electrons. The number of amides is 1. The van der Waals surface area contributed by atoms with Crippen molar-refractivity contribution in [2.75, 3.05) is 26.2 Å². The SMILES string of the molecule is Cc1ccccc1/C=C/C(=O)N1CCN(S(=O)(=O)Cc2ccccc2)CC1. The van der Waals surface area contributed by atoms with Gasteiger partial charge in [-0.2, -0.15) is 4.31 Å². The van der Waals surface area contributed by atoms with Gasteiger partial charge in [0.1, 0.15) is 0 Å². The standard InChI is InChI=1S/C21H24N2O3S/c1-18-7-5-6-10-20(18)11-12-21(24)22-13-15-23(16-14-22)27(25,26)17-19-8-3-2-4-9-19/h2-12H,13-17H2,1H3/b12-11+. The number of aryl methyl sites for hydroxylation is 1. The number of benzene rings is 2. The minimum absolute atomic E-state index is 0.00499. The number of nitrogens with zero attached hydrogens (tertiary/aromatic N) is 2. The predicted octanol–water partition coefficient (Wildman–Crippen LogP) is 2.68. The van der Waals surface area contributed by atoms with Crippen molar-refractivity contribution in [2.45, 2.75) is 12.7 Å². The molecule has 0 bridgehead atoms. The van der Waals surface area contributed by atoms with Crippen LogP contribution in [-0.2, 0) is 20.6 Å². The highest BCUT2D eigenvalue weighted by Gasteiger charge is 2.28. The average Bonchev–Trinajstić information content (AvgIpc) is 2.68. The van der Waals surface area contributed by atoms with Crippen LogP contribution in [-0.4, -0.2) is 49.7 Å². The van der Waals surface area contributed by atoms with Crippen molar-refractivity contribution >= 4 is 22.0 Å². The van der Waals surface area contributed by atoms with Crippen LogP contribution in [0.25, 0.3) is 6.08 Å². The van der Waals surface area contributed by atoms with E-state index >= 15 is 0 Å².